The van der Waals surface area contributed by atoms with E-state index in [0.29, 0.717) is 42.7 Å². The molecule has 1 aliphatic carbocycles. The average molecular weight is 516 g/mol. The number of hydrogen-bond donors (Lipinski definition) is 1. The number of methoxy groups -OCH3 is 1. The lowest BCUT2D eigenvalue weighted by molar-refractivity contribution is -0.143. The quantitative estimate of drug-likeness (QED) is 0.347. The van der Waals surface area contributed by atoms with Gasteiger partial charge in [0.15, 0.2) is 0 Å². The molecule has 2 aromatic carbocycles. The van der Waals surface area contributed by atoms with Gasteiger partial charge in [0.05, 0.1) is 19.0 Å². The maximum atomic E-state index is 13.1. The average Bonchev–Trinajstić information content (AvgIpc) is 3.34. The lowest BCUT2D eigenvalue weighted by Gasteiger charge is -2.47. The minimum atomic E-state index is -0.618. The van der Waals surface area contributed by atoms with Crippen LogP contribution in [0.3, 0.4) is 0 Å². The Morgan fingerprint density at radius 3 is 2.87 bits per heavy atom. The molecule has 198 valence electrons. The number of likely N-dealkylation sites (tertiary alicyclic amines) is 1. The molecule has 38 heavy (non-hydrogen) atoms. The van der Waals surface area contributed by atoms with Crippen LogP contribution in [-0.2, 0) is 11.2 Å². The third-order valence-corrected chi connectivity index (χ3v) is 8.73. The van der Waals surface area contributed by atoms with Gasteiger partial charge in [-0.1, -0.05) is 25.0 Å². The van der Waals surface area contributed by atoms with Crippen LogP contribution >= 0.6 is 0 Å². The van der Waals surface area contributed by atoms with Crippen molar-refractivity contribution in [2.75, 3.05) is 20.2 Å². The second kappa shape index (κ2) is 9.62. The molecule has 0 unspecified atom stereocenters. The maximum absolute atomic E-state index is 13.1. The van der Waals surface area contributed by atoms with Crippen LogP contribution in [0.4, 0.5) is 0 Å². The minimum Gasteiger partial charge on any atom is -0.497 e. The van der Waals surface area contributed by atoms with Crippen molar-refractivity contribution in [3.8, 4) is 16.9 Å². The van der Waals surface area contributed by atoms with E-state index in [1.54, 1.807) is 19.4 Å². The number of carbonyl (C=O) groups excluding carboxylic acids is 1. The number of aryl methyl sites for hydroxylation is 1. The summed E-state index contributed by atoms with van der Waals surface area (Å²) in [5.41, 5.74) is 3.31. The van der Waals surface area contributed by atoms with Gasteiger partial charge in [-0.15, -0.1) is 0 Å². The molecule has 0 radical (unpaired) electrons. The van der Waals surface area contributed by atoms with E-state index >= 15 is 0 Å². The molecule has 6 rings (SSSR count). The van der Waals surface area contributed by atoms with Gasteiger partial charge in [-0.2, -0.15) is 0 Å². The van der Waals surface area contributed by atoms with Crippen molar-refractivity contribution in [3.63, 3.8) is 0 Å². The highest BCUT2D eigenvalue weighted by atomic mass is 16.5. The molecule has 3 heterocycles. The highest BCUT2D eigenvalue weighted by Crippen LogP contribution is 2.40. The molecule has 2 aromatic heterocycles. The summed E-state index contributed by atoms with van der Waals surface area (Å²) in [6, 6.07) is 11.5. The number of nitrogens with zero attached hydrogens (tertiary/aromatic N) is 1. The fraction of sp³-hybridized carbons (Fsp3) is 0.419. The third kappa shape index (κ3) is 4.29. The first kappa shape index (κ1) is 24.7. The number of hydrogen-bond acceptors (Lipinski definition) is 6. The summed E-state index contributed by atoms with van der Waals surface area (Å²) in [7, 11) is 1.64. The Morgan fingerprint density at radius 1 is 1.16 bits per heavy atom. The highest BCUT2D eigenvalue weighted by Gasteiger charge is 2.43. The largest absolute Gasteiger partial charge is 0.497 e. The molecule has 1 saturated heterocycles. The molecular formula is C31H33NO6. The number of aliphatic hydroxyl groups is 1. The summed E-state index contributed by atoms with van der Waals surface area (Å²) in [5, 5.41) is 12.7. The highest BCUT2D eigenvalue weighted by molar-refractivity contribution is 6.02. The number of amides is 1. The molecule has 0 bridgehead atoms. The summed E-state index contributed by atoms with van der Waals surface area (Å²) < 4.78 is 16.9. The number of ether oxygens (including phenoxy) is 1. The van der Waals surface area contributed by atoms with Crippen molar-refractivity contribution in [2.24, 2.45) is 5.92 Å². The van der Waals surface area contributed by atoms with Gasteiger partial charge in [-0.25, -0.2) is 4.79 Å². The first-order chi connectivity index (χ1) is 18.4. The molecule has 1 saturated carbocycles. The van der Waals surface area contributed by atoms with Crippen molar-refractivity contribution in [1.82, 2.24) is 4.90 Å². The monoisotopic (exact) mass is 515 g/mol. The van der Waals surface area contributed by atoms with Crippen LogP contribution in [0.15, 0.2) is 56.3 Å². The normalized spacial score (nSPS) is 21.6. The second-order valence-corrected chi connectivity index (χ2v) is 10.9. The summed E-state index contributed by atoms with van der Waals surface area (Å²) in [6.07, 6.45) is 6.87. The number of carbonyl (C=O) groups is 1. The predicted octanol–water partition coefficient (Wildman–Crippen LogP) is 5.61. The van der Waals surface area contributed by atoms with E-state index in [4.69, 9.17) is 13.6 Å². The predicted molar refractivity (Wildman–Crippen MR) is 145 cm³/mol. The SMILES string of the molecule is COc1cccc(-c2coc3cc4oc(=O)c(CCC(=O)N5CC[C@@]6(O)CCCC[C@@H]6C5)c(C)c4cc23)c1. The van der Waals surface area contributed by atoms with Crippen LogP contribution in [0, 0.1) is 12.8 Å². The summed E-state index contributed by atoms with van der Waals surface area (Å²) in [4.78, 5) is 27.9. The Hall–Kier alpha value is -3.58. The van der Waals surface area contributed by atoms with E-state index in [1.165, 1.54) is 0 Å². The van der Waals surface area contributed by atoms with Crippen LogP contribution in [0.5, 0.6) is 5.75 Å². The van der Waals surface area contributed by atoms with Crippen molar-refractivity contribution < 1.29 is 23.5 Å². The molecule has 2 fully saturated rings. The Kier molecular flexibility index (Phi) is 6.26. The van der Waals surface area contributed by atoms with Crippen LogP contribution in [0.1, 0.15) is 49.7 Å². The lowest BCUT2D eigenvalue weighted by Crippen LogP contribution is -2.54. The Balaban J connectivity index is 1.27. The smallest absolute Gasteiger partial charge is 0.339 e. The summed E-state index contributed by atoms with van der Waals surface area (Å²) in [5.74, 6) is 0.938. The molecular weight excluding hydrogens is 482 g/mol. The van der Waals surface area contributed by atoms with E-state index < -0.39 is 11.2 Å². The molecule has 1 N–H and O–H groups in total. The number of rotatable bonds is 5. The van der Waals surface area contributed by atoms with Gasteiger partial charge in [0.2, 0.25) is 5.91 Å². The standard InChI is InChI=1S/C31H33NO6/c1-19-23(9-10-29(33)32-13-12-31(35)11-4-3-7-21(31)17-32)30(34)38-28-16-27-25(15-24(19)28)26(18-37-27)20-6-5-8-22(14-20)36-2/h5-6,8,14-16,18,21,35H,3-4,7,9-13,17H2,1-2H3/t21-,31+/m1/s1. The lowest BCUT2D eigenvalue weighted by atomic mass is 9.71. The number of piperidine rings is 1. The first-order valence-electron chi connectivity index (χ1n) is 13.5. The molecule has 2 aliphatic rings. The van der Waals surface area contributed by atoms with Crippen molar-refractivity contribution >= 4 is 27.8 Å². The fourth-order valence-corrected chi connectivity index (χ4v) is 6.40. The van der Waals surface area contributed by atoms with E-state index in [1.807, 2.05) is 42.2 Å². The van der Waals surface area contributed by atoms with E-state index in [2.05, 4.69) is 0 Å². The zero-order valence-corrected chi connectivity index (χ0v) is 21.9. The molecule has 0 spiro atoms. The zero-order valence-electron chi connectivity index (χ0n) is 21.9. The first-order valence-corrected chi connectivity index (χ1v) is 13.5. The van der Waals surface area contributed by atoms with E-state index in [9.17, 15) is 14.7 Å². The number of fused-ring (bicyclic) bond motifs is 3. The van der Waals surface area contributed by atoms with Gasteiger partial charge >= 0.3 is 5.63 Å². The molecule has 7 heteroatoms. The van der Waals surface area contributed by atoms with Gasteiger partial charge in [-0.3, -0.25) is 4.79 Å². The van der Waals surface area contributed by atoms with Crippen LogP contribution in [0.2, 0.25) is 0 Å². The Morgan fingerprint density at radius 2 is 2.03 bits per heavy atom. The maximum Gasteiger partial charge on any atom is 0.339 e. The third-order valence-electron chi connectivity index (χ3n) is 8.73. The van der Waals surface area contributed by atoms with Crippen molar-refractivity contribution in [2.45, 2.75) is 57.5 Å². The van der Waals surface area contributed by atoms with Crippen LogP contribution < -0.4 is 10.4 Å². The summed E-state index contributed by atoms with van der Waals surface area (Å²) >= 11 is 0. The van der Waals surface area contributed by atoms with E-state index in [0.717, 1.165) is 58.9 Å². The van der Waals surface area contributed by atoms with Crippen molar-refractivity contribution in [3.05, 3.63) is 64.2 Å². The topological polar surface area (TPSA) is 93.1 Å². The zero-order chi connectivity index (χ0) is 26.4. The number of furan rings is 1. The van der Waals surface area contributed by atoms with Crippen LogP contribution in [0.25, 0.3) is 33.1 Å². The summed E-state index contributed by atoms with van der Waals surface area (Å²) in [6.45, 7) is 3.09. The Labute approximate surface area is 221 Å². The van der Waals surface area contributed by atoms with Gasteiger partial charge in [0.25, 0.3) is 0 Å². The minimum absolute atomic E-state index is 0.0297. The number of benzene rings is 2. The van der Waals surface area contributed by atoms with Crippen molar-refractivity contribution in [1.29, 1.82) is 0 Å². The molecule has 4 aromatic rings. The molecule has 2 atom stereocenters. The second-order valence-electron chi connectivity index (χ2n) is 10.9. The van der Waals surface area contributed by atoms with Gasteiger partial charge in [-0.05, 0) is 61.9 Å². The molecule has 7 nitrogen and oxygen atoms in total. The van der Waals surface area contributed by atoms with E-state index in [-0.39, 0.29) is 18.2 Å². The van der Waals surface area contributed by atoms with Gasteiger partial charge in [0.1, 0.15) is 16.9 Å². The van der Waals surface area contributed by atoms with Gasteiger partial charge < -0.3 is 23.6 Å². The molecule has 1 aliphatic heterocycles. The fourth-order valence-electron chi connectivity index (χ4n) is 6.40. The Bertz CT molecular complexity index is 1580. The molecule has 1 amide bonds. The van der Waals surface area contributed by atoms with Crippen LogP contribution in [-0.4, -0.2) is 41.7 Å². The van der Waals surface area contributed by atoms with Gasteiger partial charge in [0, 0.05) is 53.4 Å².